The number of carbonyl (C=O) groups is 2. The second-order valence-electron chi connectivity index (χ2n) is 12.2. The average Bonchev–Trinajstić information content (AvgIpc) is 2.99. The van der Waals surface area contributed by atoms with E-state index >= 15 is 0 Å². The van der Waals surface area contributed by atoms with Crippen LogP contribution in [0.3, 0.4) is 0 Å². The minimum absolute atomic E-state index is 0.0745. The fraction of sp³-hybridized carbons (Fsp3) is 0.263. The Kier molecular flexibility index (Phi) is 13.2. The van der Waals surface area contributed by atoms with Crippen molar-refractivity contribution in [2.24, 2.45) is 5.41 Å². The van der Waals surface area contributed by atoms with Crippen molar-refractivity contribution < 1.29 is 22.2 Å². The number of aryl methyl sites for hydroxylation is 1. The fourth-order valence-corrected chi connectivity index (χ4v) is 5.12. The summed E-state index contributed by atoms with van der Waals surface area (Å²) >= 11 is 6.14. The molecule has 0 heterocycles. The Hall–Kier alpha value is -4.33. The van der Waals surface area contributed by atoms with Crippen LogP contribution in [0.4, 0.5) is 5.69 Å². The summed E-state index contributed by atoms with van der Waals surface area (Å²) in [5, 5.41) is 3.86. The van der Waals surface area contributed by atoms with Crippen LogP contribution < -0.4 is 5.32 Å². The van der Waals surface area contributed by atoms with E-state index in [-0.39, 0.29) is 17.1 Å². The Morgan fingerprint density at radius 1 is 0.870 bits per heavy atom. The van der Waals surface area contributed by atoms with Gasteiger partial charge in [0.1, 0.15) is 0 Å². The minimum atomic E-state index is -3.11. The first-order valence-electron chi connectivity index (χ1n) is 15.1. The number of carbonyl (C=O) groups excluding carboxylic acids is 2. The van der Waals surface area contributed by atoms with Crippen molar-refractivity contribution in [1.82, 2.24) is 0 Å². The number of amides is 1. The van der Waals surface area contributed by atoms with Gasteiger partial charge >= 0.3 is 10.6 Å². The first-order chi connectivity index (χ1) is 21.8. The van der Waals surface area contributed by atoms with Gasteiger partial charge in [-0.05, 0) is 82.8 Å². The van der Waals surface area contributed by atoms with Crippen molar-refractivity contribution in [1.29, 1.82) is 0 Å². The third-order valence-corrected chi connectivity index (χ3v) is 7.51. The lowest BCUT2D eigenvalue weighted by Crippen LogP contribution is -2.23. The number of rotatable bonds is 10. The van der Waals surface area contributed by atoms with Gasteiger partial charge in [-0.25, -0.2) is 0 Å². The quantitative estimate of drug-likeness (QED) is 0.171. The fourth-order valence-electron chi connectivity index (χ4n) is 4.89. The lowest BCUT2D eigenvalue weighted by Gasteiger charge is -2.19. The van der Waals surface area contributed by atoms with Crippen LogP contribution in [0.5, 0.6) is 0 Å². The zero-order chi connectivity index (χ0) is 33.9. The van der Waals surface area contributed by atoms with Gasteiger partial charge in [0.05, 0.1) is 5.92 Å². The van der Waals surface area contributed by atoms with Crippen LogP contribution in [0.1, 0.15) is 79.1 Å². The van der Waals surface area contributed by atoms with E-state index in [2.05, 4.69) is 50.4 Å². The number of allylic oxidation sites excluding steroid dienone is 1. The molecular weight excluding hydrogens is 618 g/mol. The standard InChI is InChI=1S/C38H40ClNO2.O3S/c1-6-7-36(41)31-14-10-28(11-15-31)25-35(30-12-8-27(9-13-30)22-23-38(3,4)5)37(42)40-33-19-16-29(17-20-33)34-21-18-32(39)24-26(34)2;1-4(2)3/h8-24,35H,6-7,25H2,1-5H3,(H,40,42);/b23-22+;/t35-;/m1./s1. The highest BCUT2D eigenvalue weighted by Gasteiger charge is 2.22. The molecule has 0 saturated carbocycles. The minimum Gasteiger partial charge on any atom is -0.326 e. The molecule has 4 rings (SSSR count). The monoisotopic (exact) mass is 657 g/mol. The van der Waals surface area contributed by atoms with Crippen molar-refractivity contribution in [3.05, 3.63) is 130 Å². The molecule has 0 saturated heterocycles. The topological polar surface area (TPSA) is 97.4 Å². The van der Waals surface area contributed by atoms with Gasteiger partial charge in [0, 0.05) is 22.7 Å². The SMILES string of the molecule is CCCC(=O)c1ccc(C[C@@H](C(=O)Nc2ccc(-c3ccc(Cl)cc3C)cc2)c2ccc(/C=C/C(C)(C)C)cc2)cc1.O=S(=O)=O. The summed E-state index contributed by atoms with van der Waals surface area (Å²) in [5.41, 5.74) is 7.87. The molecule has 4 aromatic rings. The molecule has 0 unspecified atom stereocenters. The molecule has 0 radical (unpaired) electrons. The van der Waals surface area contributed by atoms with Crippen molar-refractivity contribution in [2.45, 2.75) is 59.8 Å². The lowest BCUT2D eigenvalue weighted by molar-refractivity contribution is -0.117. The maximum Gasteiger partial charge on any atom is 0.425 e. The number of nitrogens with one attached hydrogen (secondary N) is 1. The number of hydrogen-bond acceptors (Lipinski definition) is 5. The molecule has 0 aromatic heterocycles. The lowest BCUT2D eigenvalue weighted by atomic mass is 9.89. The van der Waals surface area contributed by atoms with E-state index in [0.29, 0.717) is 23.4 Å². The highest BCUT2D eigenvalue weighted by atomic mass is 35.5. The Balaban J connectivity index is 0.00000136. The molecule has 8 heteroatoms. The molecule has 0 bridgehead atoms. The van der Waals surface area contributed by atoms with Crippen LogP contribution >= 0.6 is 11.6 Å². The molecule has 0 aliphatic heterocycles. The predicted octanol–water partition coefficient (Wildman–Crippen LogP) is 9.32. The molecule has 0 spiro atoms. The van der Waals surface area contributed by atoms with E-state index in [4.69, 9.17) is 24.2 Å². The molecule has 0 aliphatic carbocycles. The van der Waals surface area contributed by atoms with Gasteiger partial charge in [0.25, 0.3) is 0 Å². The molecule has 4 aromatic carbocycles. The molecule has 6 nitrogen and oxygen atoms in total. The summed E-state index contributed by atoms with van der Waals surface area (Å²) in [6, 6.07) is 29.7. The Morgan fingerprint density at radius 2 is 1.48 bits per heavy atom. The number of halogens is 1. The first-order valence-corrected chi connectivity index (χ1v) is 16.5. The van der Waals surface area contributed by atoms with Crippen molar-refractivity contribution in [3.63, 3.8) is 0 Å². The summed E-state index contributed by atoms with van der Waals surface area (Å²) in [6.07, 6.45) is 6.19. The van der Waals surface area contributed by atoms with Gasteiger partial charge < -0.3 is 5.32 Å². The third kappa shape index (κ3) is 11.5. The van der Waals surface area contributed by atoms with E-state index < -0.39 is 16.5 Å². The molecule has 240 valence electrons. The Bertz CT molecular complexity index is 1770. The smallest absolute Gasteiger partial charge is 0.326 e. The van der Waals surface area contributed by atoms with Crippen molar-refractivity contribution in [2.75, 3.05) is 5.32 Å². The number of benzene rings is 4. The molecular formula is C38H40ClNO5S. The van der Waals surface area contributed by atoms with E-state index in [1.165, 1.54) is 0 Å². The summed E-state index contributed by atoms with van der Waals surface area (Å²) in [5.74, 6) is -0.329. The van der Waals surface area contributed by atoms with Gasteiger partial charge in [-0.3, -0.25) is 9.59 Å². The van der Waals surface area contributed by atoms with Crippen molar-refractivity contribution in [3.8, 4) is 11.1 Å². The van der Waals surface area contributed by atoms with Crippen LogP contribution in [-0.4, -0.2) is 24.3 Å². The highest BCUT2D eigenvalue weighted by Crippen LogP contribution is 2.29. The van der Waals surface area contributed by atoms with E-state index in [9.17, 15) is 9.59 Å². The number of anilines is 1. The summed E-state index contributed by atoms with van der Waals surface area (Å²) in [6.45, 7) is 10.6. The maximum atomic E-state index is 13.8. The molecule has 1 amide bonds. The summed E-state index contributed by atoms with van der Waals surface area (Å²) in [4.78, 5) is 26.1. The van der Waals surface area contributed by atoms with Crippen LogP contribution in [0.25, 0.3) is 17.2 Å². The molecule has 1 atom stereocenters. The van der Waals surface area contributed by atoms with Crippen LogP contribution in [0, 0.1) is 12.3 Å². The van der Waals surface area contributed by atoms with Gasteiger partial charge in [0.15, 0.2) is 5.78 Å². The maximum absolute atomic E-state index is 13.8. The molecule has 0 fully saturated rings. The number of ketones is 1. The summed E-state index contributed by atoms with van der Waals surface area (Å²) in [7, 11) is -3.11. The second-order valence-corrected chi connectivity index (χ2v) is 13.1. The van der Waals surface area contributed by atoms with Crippen LogP contribution in [-0.2, 0) is 21.8 Å². The van der Waals surface area contributed by atoms with Gasteiger partial charge in [-0.2, -0.15) is 0 Å². The van der Waals surface area contributed by atoms with Gasteiger partial charge in [0.2, 0.25) is 5.91 Å². The van der Waals surface area contributed by atoms with Crippen LogP contribution in [0.15, 0.2) is 97.1 Å². The zero-order valence-corrected chi connectivity index (χ0v) is 28.4. The largest absolute Gasteiger partial charge is 0.425 e. The molecule has 1 N–H and O–H groups in total. The molecule has 46 heavy (non-hydrogen) atoms. The number of Topliss-reactive ketones (excluding diaryl/α,β-unsaturated/α-hetero) is 1. The third-order valence-electron chi connectivity index (χ3n) is 7.28. The predicted molar refractivity (Wildman–Crippen MR) is 187 cm³/mol. The zero-order valence-electron chi connectivity index (χ0n) is 26.8. The van der Waals surface area contributed by atoms with E-state index in [1.54, 1.807) is 0 Å². The van der Waals surface area contributed by atoms with Crippen molar-refractivity contribution >= 4 is 45.7 Å². The van der Waals surface area contributed by atoms with E-state index in [1.807, 2.05) is 92.7 Å². The second kappa shape index (κ2) is 16.8. The Labute approximate surface area is 278 Å². The average molecular weight is 658 g/mol. The Morgan fingerprint density at radius 3 is 2.02 bits per heavy atom. The number of hydrogen-bond donors (Lipinski definition) is 1. The normalized spacial score (nSPS) is 11.8. The van der Waals surface area contributed by atoms with Gasteiger partial charge in [-0.1, -0.05) is 118 Å². The van der Waals surface area contributed by atoms with E-state index in [0.717, 1.165) is 45.5 Å². The van der Waals surface area contributed by atoms with Crippen LogP contribution in [0.2, 0.25) is 5.02 Å². The highest BCUT2D eigenvalue weighted by molar-refractivity contribution is 7.59. The summed E-state index contributed by atoms with van der Waals surface area (Å²) < 4.78 is 25.3. The molecule has 0 aliphatic rings. The first kappa shape index (κ1) is 36.1. The van der Waals surface area contributed by atoms with Gasteiger partial charge in [-0.15, -0.1) is 12.6 Å².